The molecule has 0 aliphatic carbocycles. The van der Waals surface area contributed by atoms with E-state index in [0.29, 0.717) is 13.0 Å². The number of carbonyl (C=O) groups is 1. The molecule has 2 atom stereocenters. The van der Waals surface area contributed by atoms with Crippen LogP contribution in [0.1, 0.15) is 130 Å². The van der Waals surface area contributed by atoms with Crippen molar-refractivity contribution in [2.24, 2.45) is 0 Å². The van der Waals surface area contributed by atoms with E-state index < -0.39 is 19.7 Å². The van der Waals surface area contributed by atoms with Crippen LogP contribution in [0.4, 0.5) is 0 Å². The highest BCUT2D eigenvalue weighted by molar-refractivity contribution is 7.52. The van der Waals surface area contributed by atoms with E-state index in [2.05, 4.69) is 20.8 Å². The summed E-state index contributed by atoms with van der Waals surface area (Å²) in [6.45, 7) is 11.7. The number of nitrogens with one attached hydrogen (secondary N) is 1. The van der Waals surface area contributed by atoms with Crippen LogP contribution >= 0.6 is 7.60 Å². The van der Waals surface area contributed by atoms with Crippen LogP contribution in [0.3, 0.4) is 0 Å². The van der Waals surface area contributed by atoms with E-state index in [9.17, 15) is 14.3 Å². The van der Waals surface area contributed by atoms with Gasteiger partial charge in [0.1, 0.15) is 6.10 Å². The van der Waals surface area contributed by atoms with Crippen molar-refractivity contribution >= 4 is 13.6 Å². The molecule has 0 aliphatic rings. The van der Waals surface area contributed by atoms with Gasteiger partial charge >= 0.3 is 13.6 Å². The lowest BCUT2D eigenvalue weighted by molar-refractivity contribution is -0.896. The van der Waals surface area contributed by atoms with Gasteiger partial charge in [0.15, 0.2) is 0 Å². The summed E-state index contributed by atoms with van der Waals surface area (Å²) in [5.74, 6) is -0.441. The molecule has 7 nitrogen and oxygen atoms in total. The van der Waals surface area contributed by atoms with Crippen LogP contribution in [0.15, 0.2) is 0 Å². The number of hydrogen-bond donors (Lipinski definition) is 2. The molecule has 0 aromatic rings. The minimum atomic E-state index is -3.70. The van der Waals surface area contributed by atoms with E-state index >= 15 is 0 Å². The average molecular weight is 551 g/mol. The van der Waals surface area contributed by atoms with Crippen LogP contribution in [0.2, 0.25) is 0 Å². The fourth-order valence-corrected chi connectivity index (χ4v) is 5.67. The highest BCUT2D eigenvalue weighted by atomic mass is 31.2. The van der Waals surface area contributed by atoms with Gasteiger partial charge in [-0.25, -0.2) is 0 Å². The quantitative estimate of drug-likeness (QED) is 0.0673. The molecule has 8 heteroatoms. The van der Waals surface area contributed by atoms with Crippen LogP contribution in [0, 0.1) is 0 Å². The third kappa shape index (κ3) is 25.6. The highest BCUT2D eigenvalue weighted by Crippen LogP contribution is 2.42. The van der Waals surface area contributed by atoms with Crippen molar-refractivity contribution in [1.82, 2.24) is 0 Å². The number of ether oxygens (including phenoxy) is 2. The van der Waals surface area contributed by atoms with Gasteiger partial charge in [-0.05, 0) is 33.1 Å². The van der Waals surface area contributed by atoms with Crippen LogP contribution < -0.4 is 4.90 Å². The normalized spacial score (nSPS) is 14.1. The Hall–Kier alpha value is -0.460. The lowest BCUT2D eigenvalue weighted by atomic mass is 10.0. The number of esters is 1. The molecule has 0 aromatic carbocycles. The van der Waals surface area contributed by atoms with E-state index in [1.165, 1.54) is 88.9 Å². The van der Waals surface area contributed by atoms with Gasteiger partial charge in [-0.3, -0.25) is 9.36 Å². The fraction of sp³-hybridized carbons (Fsp3) is 0.966. The summed E-state index contributed by atoms with van der Waals surface area (Å²) in [5.41, 5.74) is 0. The van der Waals surface area contributed by atoms with Gasteiger partial charge in [0.05, 0.1) is 39.0 Å². The molecule has 0 radical (unpaired) electrons. The molecule has 222 valence electrons. The molecule has 0 saturated heterocycles. The van der Waals surface area contributed by atoms with Crippen LogP contribution in [0.5, 0.6) is 0 Å². The van der Waals surface area contributed by atoms with Gasteiger partial charge in [0, 0.05) is 13.5 Å². The summed E-state index contributed by atoms with van der Waals surface area (Å²) in [7, 11) is -3.70. The highest BCUT2D eigenvalue weighted by Gasteiger charge is 2.23. The van der Waals surface area contributed by atoms with Gasteiger partial charge in [0.25, 0.3) is 0 Å². The number of hydrogen-bond acceptors (Lipinski definition) is 5. The van der Waals surface area contributed by atoms with Crippen molar-refractivity contribution in [3.63, 3.8) is 0 Å². The molecule has 0 amide bonds. The lowest BCUT2D eigenvalue weighted by Gasteiger charge is -2.20. The van der Waals surface area contributed by atoms with Gasteiger partial charge in [0.2, 0.25) is 0 Å². The maximum Gasteiger partial charge on any atom is 0.328 e. The summed E-state index contributed by atoms with van der Waals surface area (Å²) in [5, 5.41) is 0. The molecule has 0 heterocycles. The van der Waals surface area contributed by atoms with Crippen molar-refractivity contribution in [2.75, 3.05) is 45.6 Å². The Morgan fingerprint density at radius 1 is 0.757 bits per heavy atom. The number of quaternary nitrogens is 1. The zero-order valence-electron chi connectivity index (χ0n) is 24.8. The standard InChI is InChI=1S/C29H60NO6P/c1-5-8-9-10-11-12-13-14-15-16-17-18-19-21-24-34-26-29(36-28(4)31)27-35-37(32,33)25-22-20-23-30(6-2)7-3/h29H,5-27H2,1-4H3,(H,32,33)/p+1. The first kappa shape index (κ1) is 36.5. The molecule has 2 unspecified atom stereocenters. The third-order valence-corrected chi connectivity index (χ3v) is 8.40. The number of carbonyl (C=O) groups excluding carboxylic acids is 1. The Bertz CT molecular complexity index is 559. The van der Waals surface area contributed by atoms with Crippen molar-refractivity contribution in [2.45, 2.75) is 137 Å². The maximum absolute atomic E-state index is 12.4. The van der Waals surface area contributed by atoms with E-state index in [1.807, 2.05) is 0 Å². The lowest BCUT2D eigenvalue weighted by Crippen LogP contribution is -3.11. The monoisotopic (exact) mass is 550 g/mol. The van der Waals surface area contributed by atoms with Gasteiger partial charge < -0.3 is 23.8 Å². The topological polar surface area (TPSA) is 86.5 Å². The summed E-state index contributed by atoms with van der Waals surface area (Å²) in [6, 6.07) is 0. The molecule has 0 aliphatic heterocycles. The Kier molecular flexibility index (Phi) is 25.5. The molecular weight excluding hydrogens is 489 g/mol. The Labute approximate surface area is 228 Å². The zero-order chi connectivity index (χ0) is 27.6. The SMILES string of the molecule is CCCCCCCCCCCCCCCCOCC(COP(=O)(O)CCCC[NH+](CC)CC)OC(C)=O. The molecule has 2 N–H and O–H groups in total. The molecule has 0 spiro atoms. The Morgan fingerprint density at radius 2 is 1.27 bits per heavy atom. The first-order valence-electron chi connectivity index (χ1n) is 15.4. The van der Waals surface area contributed by atoms with Crippen molar-refractivity contribution in [3.8, 4) is 0 Å². The molecular formula is C29H61NO6P+. The molecule has 0 fully saturated rings. The average Bonchev–Trinajstić information content (AvgIpc) is 2.86. The first-order valence-corrected chi connectivity index (χ1v) is 17.2. The Balaban J connectivity index is 3.81. The van der Waals surface area contributed by atoms with Gasteiger partial charge in [-0.2, -0.15) is 0 Å². The summed E-state index contributed by atoms with van der Waals surface area (Å²) in [4.78, 5) is 23.0. The largest absolute Gasteiger partial charge is 0.458 e. The van der Waals surface area contributed by atoms with E-state index in [1.54, 1.807) is 0 Å². The van der Waals surface area contributed by atoms with Crippen LogP contribution in [-0.2, 0) is 23.4 Å². The van der Waals surface area contributed by atoms with Gasteiger partial charge in [-0.1, -0.05) is 90.4 Å². The smallest absolute Gasteiger partial charge is 0.328 e. The predicted octanol–water partition coefficient (Wildman–Crippen LogP) is 6.32. The molecule has 37 heavy (non-hydrogen) atoms. The number of unbranched alkanes of at least 4 members (excludes halogenated alkanes) is 14. The second-order valence-corrected chi connectivity index (χ2v) is 12.5. The van der Waals surface area contributed by atoms with Crippen LogP contribution in [-0.4, -0.2) is 62.6 Å². The predicted molar refractivity (Wildman–Crippen MR) is 153 cm³/mol. The zero-order valence-corrected chi connectivity index (χ0v) is 25.7. The van der Waals surface area contributed by atoms with E-state index in [4.69, 9.17) is 14.0 Å². The maximum atomic E-state index is 12.4. The molecule has 0 aromatic heterocycles. The van der Waals surface area contributed by atoms with Gasteiger partial charge in [-0.15, -0.1) is 0 Å². The molecule has 0 saturated carbocycles. The summed E-state index contributed by atoms with van der Waals surface area (Å²) < 4.78 is 28.6. The minimum Gasteiger partial charge on any atom is -0.458 e. The first-order chi connectivity index (χ1) is 17.8. The number of rotatable bonds is 28. The van der Waals surface area contributed by atoms with Crippen LogP contribution in [0.25, 0.3) is 0 Å². The van der Waals surface area contributed by atoms with Crippen molar-refractivity contribution in [1.29, 1.82) is 0 Å². The minimum absolute atomic E-state index is 0.118. The van der Waals surface area contributed by atoms with Crippen molar-refractivity contribution in [3.05, 3.63) is 0 Å². The third-order valence-electron chi connectivity index (χ3n) is 6.96. The Morgan fingerprint density at radius 3 is 1.76 bits per heavy atom. The molecule has 0 bridgehead atoms. The van der Waals surface area contributed by atoms with Crippen molar-refractivity contribution < 1.29 is 33.2 Å². The molecule has 0 rings (SSSR count). The van der Waals surface area contributed by atoms with E-state index in [0.717, 1.165) is 38.9 Å². The summed E-state index contributed by atoms with van der Waals surface area (Å²) in [6.07, 6.45) is 19.3. The second-order valence-electron chi connectivity index (χ2n) is 10.5. The second kappa shape index (κ2) is 25.8. The fourth-order valence-electron chi connectivity index (χ4n) is 4.52. The summed E-state index contributed by atoms with van der Waals surface area (Å²) >= 11 is 0. The van der Waals surface area contributed by atoms with E-state index in [-0.39, 0.29) is 19.4 Å².